The van der Waals surface area contributed by atoms with E-state index < -0.39 is 0 Å². The van der Waals surface area contributed by atoms with Gasteiger partial charge in [0.15, 0.2) is 0 Å². The monoisotopic (exact) mass is 256 g/mol. The summed E-state index contributed by atoms with van der Waals surface area (Å²) >= 11 is 0. The minimum absolute atomic E-state index is 0.133. The molecule has 1 rings (SSSR count). The summed E-state index contributed by atoms with van der Waals surface area (Å²) in [6, 6.07) is 0.381. The molecule has 0 aromatic rings. The van der Waals surface area contributed by atoms with Crippen LogP contribution in [0, 0.1) is 5.41 Å². The van der Waals surface area contributed by atoms with Crippen LogP contribution in [-0.2, 0) is 9.53 Å². The van der Waals surface area contributed by atoms with Gasteiger partial charge in [-0.05, 0) is 38.3 Å². The lowest BCUT2D eigenvalue weighted by molar-refractivity contribution is -0.143. The van der Waals surface area contributed by atoms with Crippen LogP contribution < -0.4 is 5.32 Å². The molecule has 1 unspecified atom stereocenters. The molecule has 1 saturated carbocycles. The molecule has 0 aliphatic heterocycles. The molecule has 18 heavy (non-hydrogen) atoms. The first-order valence-corrected chi connectivity index (χ1v) is 6.84. The zero-order valence-corrected chi connectivity index (χ0v) is 12.5. The molecule has 1 fully saturated rings. The first-order valence-electron chi connectivity index (χ1n) is 6.84. The van der Waals surface area contributed by atoms with E-state index in [1.807, 2.05) is 0 Å². The molecule has 1 aliphatic carbocycles. The second-order valence-electron chi connectivity index (χ2n) is 6.60. The fraction of sp³-hybridized carbons (Fsp3) is 0.929. The van der Waals surface area contributed by atoms with Crippen molar-refractivity contribution < 1.29 is 9.53 Å². The minimum Gasteiger partial charge on any atom is -0.468 e. The van der Waals surface area contributed by atoms with E-state index in [1.165, 1.54) is 20.0 Å². The van der Waals surface area contributed by atoms with Crippen molar-refractivity contribution in [2.75, 3.05) is 27.2 Å². The molecule has 0 aromatic carbocycles. The van der Waals surface area contributed by atoms with E-state index in [0.29, 0.717) is 11.5 Å². The van der Waals surface area contributed by atoms with Gasteiger partial charge in [-0.25, -0.2) is 0 Å². The van der Waals surface area contributed by atoms with Crippen LogP contribution in [0.25, 0.3) is 0 Å². The van der Waals surface area contributed by atoms with E-state index >= 15 is 0 Å². The average molecular weight is 256 g/mol. The number of esters is 1. The SMILES string of the molecule is COC(=O)C(CCN(C)CC(C)(C)C)NC1CC1. The number of carbonyl (C=O) groups is 1. The van der Waals surface area contributed by atoms with Crippen LogP contribution in [0.1, 0.15) is 40.0 Å². The fourth-order valence-electron chi connectivity index (χ4n) is 2.18. The van der Waals surface area contributed by atoms with E-state index in [-0.39, 0.29) is 12.0 Å². The molecule has 1 aliphatic rings. The predicted octanol–water partition coefficient (Wildman–Crippen LogP) is 1.65. The summed E-state index contributed by atoms with van der Waals surface area (Å²) in [5.41, 5.74) is 0.291. The number of ether oxygens (including phenoxy) is 1. The zero-order chi connectivity index (χ0) is 13.8. The Morgan fingerprint density at radius 2 is 2.06 bits per heavy atom. The second-order valence-corrected chi connectivity index (χ2v) is 6.60. The van der Waals surface area contributed by atoms with Gasteiger partial charge >= 0.3 is 5.97 Å². The first-order chi connectivity index (χ1) is 8.31. The van der Waals surface area contributed by atoms with Crippen LogP contribution in [0.15, 0.2) is 0 Å². The van der Waals surface area contributed by atoms with Crippen LogP contribution in [-0.4, -0.2) is 50.2 Å². The van der Waals surface area contributed by atoms with Crippen molar-refractivity contribution in [3.05, 3.63) is 0 Å². The Hall–Kier alpha value is -0.610. The quantitative estimate of drug-likeness (QED) is 0.703. The summed E-state index contributed by atoms with van der Waals surface area (Å²) in [4.78, 5) is 14.0. The third-order valence-electron chi connectivity index (χ3n) is 3.04. The van der Waals surface area contributed by atoms with Crippen molar-refractivity contribution in [3.8, 4) is 0 Å². The molecule has 106 valence electrons. The lowest BCUT2D eigenvalue weighted by Crippen LogP contribution is -2.42. The number of hydrogen-bond acceptors (Lipinski definition) is 4. The van der Waals surface area contributed by atoms with E-state index in [1.54, 1.807) is 0 Å². The van der Waals surface area contributed by atoms with Gasteiger partial charge in [0.2, 0.25) is 0 Å². The third kappa shape index (κ3) is 6.36. The van der Waals surface area contributed by atoms with Crippen LogP contribution in [0.3, 0.4) is 0 Å². The largest absolute Gasteiger partial charge is 0.468 e. The van der Waals surface area contributed by atoms with Crippen molar-refractivity contribution in [2.45, 2.75) is 52.1 Å². The maximum absolute atomic E-state index is 11.7. The van der Waals surface area contributed by atoms with Gasteiger partial charge in [-0.3, -0.25) is 4.79 Å². The highest BCUT2D eigenvalue weighted by Gasteiger charge is 2.29. The Morgan fingerprint density at radius 3 is 2.50 bits per heavy atom. The summed E-state index contributed by atoms with van der Waals surface area (Å²) in [5, 5.41) is 3.36. The average Bonchev–Trinajstić information content (AvgIpc) is 3.04. The van der Waals surface area contributed by atoms with Crippen molar-refractivity contribution >= 4 is 5.97 Å². The number of nitrogens with one attached hydrogen (secondary N) is 1. The van der Waals surface area contributed by atoms with Crippen molar-refractivity contribution in [1.29, 1.82) is 0 Å². The van der Waals surface area contributed by atoms with Crippen LogP contribution in [0.4, 0.5) is 0 Å². The molecular weight excluding hydrogens is 228 g/mol. The molecular formula is C14H28N2O2. The summed E-state index contributed by atoms with van der Waals surface area (Å²) in [6.07, 6.45) is 3.19. The molecule has 4 heteroatoms. The van der Waals surface area contributed by atoms with Gasteiger partial charge in [0.1, 0.15) is 6.04 Å². The standard InChI is InChI=1S/C14H28N2O2/c1-14(2,3)10-16(4)9-8-12(13(17)18-5)15-11-6-7-11/h11-12,15H,6-10H2,1-5H3. The van der Waals surface area contributed by atoms with E-state index in [0.717, 1.165) is 19.5 Å². The normalized spacial score (nSPS) is 17.9. The molecule has 1 N–H and O–H groups in total. The highest BCUT2D eigenvalue weighted by molar-refractivity contribution is 5.75. The summed E-state index contributed by atoms with van der Waals surface area (Å²) in [6.45, 7) is 8.62. The van der Waals surface area contributed by atoms with Crippen LogP contribution >= 0.6 is 0 Å². The highest BCUT2D eigenvalue weighted by Crippen LogP contribution is 2.20. The first kappa shape index (κ1) is 15.4. The third-order valence-corrected chi connectivity index (χ3v) is 3.04. The zero-order valence-electron chi connectivity index (χ0n) is 12.5. The van der Waals surface area contributed by atoms with Gasteiger partial charge in [-0.2, -0.15) is 0 Å². The van der Waals surface area contributed by atoms with Gasteiger partial charge in [-0.15, -0.1) is 0 Å². The van der Waals surface area contributed by atoms with Gasteiger partial charge in [0.25, 0.3) is 0 Å². The molecule has 0 saturated heterocycles. The van der Waals surface area contributed by atoms with Crippen LogP contribution in [0.5, 0.6) is 0 Å². The number of rotatable bonds is 7. The van der Waals surface area contributed by atoms with Crippen molar-refractivity contribution in [3.63, 3.8) is 0 Å². The Balaban J connectivity index is 2.33. The molecule has 0 spiro atoms. The predicted molar refractivity (Wildman–Crippen MR) is 73.5 cm³/mol. The lowest BCUT2D eigenvalue weighted by Gasteiger charge is -2.27. The van der Waals surface area contributed by atoms with Gasteiger partial charge in [0, 0.05) is 12.6 Å². The van der Waals surface area contributed by atoms with Gasteiger partial charge in [0.05, 0.1) is 7.11 Å². The van der Waals surface area contributed by atoms with E-state index in [9.17, 15) is 4.79 Å². The number of hydrogen-bond donors (Lipinski definition) is 1. The Kier molecular flexibility index (Phi) is 5.60. The Morgan fingerprint density at radius 1 is 1.44 bits per heavy atom. The number of carbonyl (C=O) groups excluding carboxylic acids is 1. The Labute approximate surface area is 111 Å². The van der Waals surface area contributed by atoms with Crippen molar-refractivity contribution in [2.24, 2.45) is 5.41 Å². The maximum atomic E-state index is 11.7. The number of nitrogens with zero attached hydrogens (tertiary/aromatic N) is 1. The number of methoxy groups -OCH3 is 1. The fourth-order valence-corrected chi connectivity index (χ4v) is 2.18. The summed E-state index contributed by atoms with van der Waals surface area (Å²) < 4.78 is 4.85. The van der Waals surface area contributed by atoms with Crippen molar-refractivity contribution in [1.82, 2.24) is 10.2 Å². The Bertz CT molecular complexity index is 269. The highest BCUT2D eigenvalue weighted by atomic mass is 16.5. The van der Waals surface area contributed by atoms with Gasteiger partial charge in [-0.1, -0.05) is 20.8 Å². The molecule has 0 aromatic heterocycles. The molecule has 1 atom stereocenters. The topological polar surface area (TPSA) is 41.6 Å². The minimum atomic E-state index is -0.148. The smallest absolute Gasteiger partial charge is 0.322 e. The molecule has 0 bridgehead atoms. The molecule has 0 radical (unpaired) electrons. The maximum Gasteiger partial charge on any atom is 0.322 e. The molecule has 4 nitrogen and oxygen atoms in total. The molecule has 0 amide bonds. The lowest BCUT2D eigenvalue weighted by atomic mass is 9.96. The van der Waals surface area contributed by atoms with Gasteiger partial charge < -0.3 is 15.0 Å². The summed E-state index contributed by atoms with van der Waals surface area (Å²) in [7, 11) is 3.57. The van der Waals surface area contributed by atoms with E-state index in [4.69, 9.17) is 4.74 Å². The van der Waals surface area contributed by atoms with E-state index in [2.05, 4.69) is 38.0 Å². The summed E-state index contributed by atoms with van der Waals surface area (Å²) in [5.74, 6) is -0.133. The van der Waals surface area contributed by atoms with Crippen LogP contribution in [0.2, 0.25) is 0 Å². The molecule has 0 heterocycles. The second kappa shape index (κ2) is 6.53.